The van der Waals surface area contributed by atoms with Crippen LogP contribution in [0.1, 0.15) is 30.1 Å². The van der Waals surface area contributed by atoms with Crippen molar-refractivity contribution in [1.82, 2.24) is 0 Å². The number of carboxylic acid groups (broad SMARTS) is 1. The zero-order valence-electron chi connectivity index (χ0n) is 10.6. The van der Waals surface area contributed by atoms with Crippen molar-refractivity contribution in [3.05, 3.63) is 28.2 Å². The topological polar surface area (TPSA) is 66.4 Å². The molecule has 0 fully saturated rings. The summed E-state index contributed by atoms with van der Waals surface area (Å²) in [6.45, 7) is 2.11. The number of thioether (sulfide) groups is 1. The number of unbranched alkanes of at least 4 members (excludes halogenated alkanes) is 1. The lowest BCUT2D eigenvalue weighted by molar-refractivity contribution is -0.113. The van der Waals surface area contributed by atoms with Gasteiger partial charge in [0.1, 0.15) is 0 Å². The highest BCUT2D eigenvalue weighted by Crippen LogP contribution is 2.24. The second kappa shape index (κ2) is 8.22. The molecule has 0 bridgehead atoms. The fraction of sp³-hybridized carbons (Fsp3) is 0.385. The number of aromatic carboxylic acids is 1. The number of hydrogen-bond acceptors (Lipinski definition) is 3. The Labute approximate surface area is 125 Å². The van der Waals surface area contributed by atoms with Crippen LogP contribution in [-0.2, 0) is 4.79 Å². The van der Waals surface area contributed by atoms with E-state index in [2.05, 4.69) is 28.2 Å². The Bertz CT molecular complexity index is 465. The minimum atomic E-state index is -1.01. The second-order valence-electron chi connectivity index (χ2n) is 3.95. The van der Waals surface area contributed by atoms with Crippen LogP contribution < -0.4 is 5.32 Å². The molecule has 6 heteroatoms. The minimum absolute atomic E-state index is 0.121. The van der Waals surface area contributed by atoms with Crippen LogP contribution in [0.4, 0.5) is 5.69 Å². The normalized spacial score (nSPS) is 10.2. The lowest BCUT2D eigenvalue weighted by Crippen LogP contribution is -2.15. The van der Waals surface area contributed by atoms with Gasteiger partial charge in [0.25, 0.3) is 0 Å². The summed E-state index contributed by atoms with van der Waals surface area (Å²) in [6.07, 6.45) is 2.21. The molecule has 1 rings (SSSR count). The molecule has 0 aliphatic carbocycles. The van der Waals surface area contributed by atoms with Crippen LogP contribution >= 0.6 is 27.7 Å². The fourth-order valence-electron chi connectivity index (χ4n) is 1.35. The third-order valence-corrected chi connectivity index (χ3v) is 4.10. The predicted molar refractivity (Wildman–Crippen MR) is 82.0 cm³/mol. The Kier molecular flexibility index (Phi) is 6.94. The Morgan fingerprint density at radius 1 is 1.42 bits per heavy atom. The van der Waals surface area contributed by atoms with E-state index in [-0.39, 0.29) is 11.5 Å². The van der Waals surface area contributed by atoms with Gasteiger partial charge in [-0.25, -0.2) is 4.79 Å². The Balaban J connectivity index is 2.58. The first kappa shape index (κ1) is 16.0. The summed E-state index contributed by atoms with van der Waals surface area (Å²) >= 11 is 4.86. The van der Waals surface area contributed by atoms with E-state index >= 15 is 0 Å². The molecule has 2 N–H and O–H groups in total. The molecule has 4 nitrogen and oxygen atoms in total. The van der Waals surface area contributed by atoms with E-state index in [0.29, 0.717) is 15.9 Å². The van der Waals surface area contributed by atoms with Gasteiger partial charge in [-0.2, -0.15) is 11.8 Å². The van der Waals surface area contributed by atoms with Crippen LogP contribution in [0.3, 0.4) is 0 Å². The Morgan fingerprint density at radius 2 is 2.16 bits per heavy atom. The fourth-order valence-corrected chi connectivity index (χ4v) is 2.59. The largest absolute Gasteiger partial charge is 0.478 e. The molecule has 0 aliphatic rings. The van der Waals surface area contributed by atoms with Crippen molar-refractivity contribution >= 4 is 45.3 Å². The van der Waals surface area contributed by atoms with Gasteiger partial charge in [-0.15, -0.1) is 0 Å². The zero-order chi connectivity index (χ0) is 14.3. The molecule has 0 aliphatic heterocycles. The summed E-state index contributed by atoms with van der Waals surface area (Å²) in [5, 5.41) is 11.6. The van der Waals surface area contributed by atoms with E-state index in [1.54, 1.807) is 17.8 Å². The lowest BCUT2D eigenvalue weighted by Gasteiger charge is -2.08. The van der Waals surface area contributed by atoms with E-state index in [0.717, 1.165) is 18.6 Å². The number of amides is 1. The van der Waals surface area contributed by atoms with Gasteiger partial charge in [0, 0.05) is 4.47 Å². The second-order valence-corrected chi connectivity index (χ2v) is 5.91. The summed E-state index contributed by atoms with van der Waals surface area (Å²) in [4.78, 5) is 22.6. The van der Waals surface area contributed by atoms with Crippen molar-refractivity contribution in [2.75, 3.05) is 16.8 Å². The van der Waals surface area contributed by atoms with Gasteiger partial charge in [-0.1, -0.05) is 13.3 Å². The molecule has 1 aromatic carbocycles. The molecule has 0 saturated heterocycles. The van der Waals surface area contributed by atoms with Crippen molar-refractivity contribution < 1.29 is 14.7 Å². The van der Waals surface area contributed by atoms with E-state index in [4.69, 9.17) is 5.11 Å². The number of carbonyl (C=O) groups excluding carboxylic acids is 1. The monoisotopic (exact) mass is 345 g/mol. The van der Waals surface area contributed by atoms with E-state index in [1.807, 2.05) is 0 Å². The van der Waals surface area contributed by atoms with Gasteiger partial charge in [0.05, 0.1) is 17.0 Å². The molecule has 0 atom stereocenters. The van der Waals surface area contributed by atoms with Crippen LogP contribution in [0.15, 0.2) is 22.7 Å². The number of carbonyl (C=O) groups is 2. The van der Waals surface area contributed by atoms with Crippen molar-refractivity contribution in [2.45, 2.75) is 19.8 Å². The highest BCUT2D eigenvalue weighted by Gasteiger charge is 2.09. The Morgan fingerprint density at radius 3 is 2.79 bits per heavy atom. The smallest absolute Gasteiger partial charge is 0.335 e. The number of hydrogen-bond donors (Lipinski definition) is 2. The maximum atomic E-state index is 11.7. The van der Waals surface area contributed by atoms with Crippen molar-refractivity contribution in [2.24, 2.45) is 0 Å². The number of anilines is 1. The molecule has 1 aromatic rings. The maximum Gasteiger partial charge on any atom is 0.335 e. The number of carboxylic acids is 1. The van der Waals surface area contributed by atoms with Gasteiger partial charge in [0.15, 0.2) is 0 Å². The molecule has 0 saturated carbocycles. The first-order valence-corrected chi connectivity index (χ1v) is 7.89. The standard InChI is InChI=1S/C13H16BrNO3S/c1-2-3-6-19-8-12(16)15-11-7-9(13(17)18)4-5-10(11)14/h4-5,7H,2-3,6,8H2,1H3,(H,15,16)(H,17,18). The molecule has 0 unspecified atom stereocenters. The Hall–Kier alpha value is -1.01. The van der Waals surface area contributed by atoms with Gasteiger partial charge in [-0.05, 0) is 46.3 Å². The molecular formula is C13H16BrNO3S. The van der Waals surface area contributed by atoms with Crippen LogP contribution in [0.5, 0.6) is 0 Å². The molecule has 1 amide bonds. The number of rotatable bonds is 7. The molecule has 0 aromatic heterocycles. The van der Waals surface area contributed by atoms with Crippen molar-refractivity contribution in [3.8, 4) is 0 Å². The lowest BCUT2D eigenvalue weighted by atomic mass is 10.2. The summed E-state index contributed by atoms with van der Waals surface area (Å²) in [6, 6.07) is 4.54. The summed E-state index contributed by atoms with van der Waals surface area (Å²) < 4.78 is 0.671. The van der Waals surface area contributed by atoms with Crippen LogP contribution in [0.2, 0.25) is 0 Å². The average Bonchev–Trinajstić information content (AvgIpc) is 2.37. The van der Waals surface area contributed by atoms with Gasteiger partial charge in [-0.3, -0.25) is 4.79 Å². The highest BCUT2D eigenvalue weighted by molar-refractivity contribution is 9.10. The van der Waals surface area contributed by atoms with E-state index < -0.39 is 5.97 Å². The molecule has 0 spiro atoms. The van der Waals surface area contributed by atoms with Gasteiger partial charge >= 0.3 is 5.97 Å². The molecule has 0 heterocycles. The highest BCUT2D eigenvalue weighted by atomic mass is 79.9. The molecular weight excluding hydrogens is 330 g/mol. The van der Waals surface area contributed by atoms with Crippen molar-refractivity contribution in [3.63, 3.8) is 0 Å². The quantitative estimate of drug-likeness (QED) is 0.740. The number of halogens is 1. The van der Waals surface area contributed by atoms with Crippen LogP contribution in [0.25, 0.3) is 0 Å². The molecule has 0 radical (unpaired) electrons. The first-order chi connectivity index (χ1) is 9.04. The van der Waals surface area contributed by atoms with Gasteiger partial charge in [0.2, 0.25) is 5.91 Å². The zero-order valence-corrected chi connectivity index (χ0v) is 13.0. The van der Waals surface area contributed by atoms with E-state index in [1.165, 1.54) is 12.1 Å². The predicted octanol–water partition coefficient (Wildman–Crippen LogP) is 3.62. The minimum Gasteiger partial charge on any atom is -0.478 e. The summed E-state index contributed by atoms with van der Waals surface area (Å²) in [5.41, 5.74) is 0.637. The molecule has 104 valence electrons. The third kappa shape index (κ3) is 5.65. The third-order valence-electron chi connectivity index (χ3n) is 2.36. The summed E-state index contributed by atoms with van der Waals surface area (Å²) in [5.74, 6) is 0.203. The van der Waals surface area contributed by atoms with Crippen molar-refractivity contribution in [1.29, 1.82) is 0 Å². The average molecular weight is 346 g/mol. The summed E-state index contributed by atoms with van der Waals surface area (Å²) in [7, 11) is 0. The van der Waals surface area contributed by atoms with Crippen LogP contribution in [-0.4, -0.2) is 28.5 Å². The first-order valence-electron chi connectivity index (χ1n) is 5.95. The van der Waals surface area contributed by atoms with Gasteiger partial charge < -0.3 is 10.4 Å². The van der Waals surface area contributed by atoms with E-state index in [9.17, 15) is 9.59 Å². The number of nitrogens with one attached hydrogen (secondary N) is 1. The SMILES string of the molecule is CCCCSCC(=O)Nc1cc(C(=O)O)ccc1Br. The molecule has 19 heavy (non-hydrogen) atoms. The number of benzene rings is 1. The maximum absolute atomic E-state index is 11.7. The van der Waals surface area contributed by atoms with Crippen LogP contribution in [0, 0.1) is 0 Å².